The fourth-order valence-electron chi connectivity index (χ4n) is 8.10. The van der Waals surface area contributed by atoms with Crippen molar-refractivity contribution in [3.05, 3.63) is 48.6 Å². The molecule has 65 heavy (non-hydrogen) atoms. The average molecular weight is 911 g/mol. The Kier molecular flexibility index (Phi) is 51.8. The van der Waals surface area contributed by atoms with Gasteiger partial charge in [0.1, 0.15) is 13.2 Å². The third-order valence-corrected chi connectivity index (χ3v) is 12.3. The number of esters is 3. The maximum absolute atomic E-state index is 12.8. The van der Waals surface area contributed by atoms with Crippen molar-refractivity contribution in [2.24, 2.45) is 0 Å². The Morgan fingerprint density at radius 2 is 0.600 bits per heavy atom. The Labute approximate surface area is 403 Å². The molecule has 0 amide bonds. The summed E-state index contributed by atoms with van der Waals surface area (Å²) in [5, 5.41) is 0. The fraction of sp³-hybridized carbons (Fsp3) is 0.814. The van der Waals surface area contributed by atoms with E-state index in [1.165, 1.54) is 148 Å². The predicted octanol–water partition coefficient (Wildman–Crippen LogP) is 18.7. The maximum atomic E-state index is 12.8. The number of hydrogen-bond acceptors (Lipinski definition) is 6. The minimum atomic E-state index is -0.783. The molecule has 0 spiro atoms. The predicted molar refractivity (Wildman–Crippen MR) is 279 cm³/mol. The summed E-state index contributed by atoms with van der Waals surface area (Å²) in [6, 6.07) is 0. The molecule has 6 heteroatoms. The molecule has 0 aliphatic rings. The van der Waals surface area contributed by atoms with Crippen LogP contribution < -0.4 is 0 Å². The standard InChI is InChI=1S/C59H106O6/c1-4-7-10-13-16-19-22-25-27-28-29-30-32-34-37-40-43-46-49-52-58(61)64-55-56(54-63-57(60)51-48-45-42-39-36-33-24-21-18-15-12-9-6-3)65-59(62)53-50-47-44-41-38-35-31-26-23-20-17-14-11-8-5-2/h8,11,17,20-21,24,26,31,56H,4-7,9-10,12-16,18-19,22-23,25,27-30,32-55H2,1-3H3/b11-8-,20-17-,24-21-,31-26-/t56-/m1/s1. The summed E-state index contributed by atoms with van der Waals surface area (Å²) in [5.41, 5.74) is 0. The number of hydrogen-bond donors (Lipinski definition) is 0. The van der Waals surface area contributed by atoms with Crippen molar-refractivity contribution < 1.29 is 28.6 Å². The molecule has 0 aromatic rings. The SMILES string of the molecule is CC/C=C\C/C=C\C/C=C\CCCCCCCC(=O)O[C@H](COC(=O)CCCCCCC/C=C\CCCCCC)COC(=O)CCCCCCCCCCCCCCCCCCCCC. The minimum absolute atomic E-state index is 0.0800. The molecule has 0 aromatic heterocycles. The van der Waals surface area contributed by atoms with Crippen molar-refractivity contribution in [2.45, 2.75) is 297 Å². The first kappa shape index (κ1) is 62.4. The van der Waals surface area contributed by atoms with Gasteiger partial charge in [-0.2, -0.15) is 0 Å². The van der Waals surface area contributed by atoms with Crippen molar-refractivity contribution in [1.29, 1.82) is 0 Å². The van der Waals surface area contributed by atoms with Crippen molar-refractivity contribution in [1.82, 2.24) is 0 Å². The molecule has 0 aliphatic carbocycles. The van der Waals surface area contributed by atoms with Gasteiger partial charge in [-0.05, 0) is 77.0 Å². The zero-order valence-electron chi connectivity index (χ0n) is 43.3. The zero-order chi connectivity index (χ0) is 47.2. The van der Waals surface area contributed by atoms with Gasteiger partial charge in [-0.3, -0.25) is 14.4 Å². The normalized spacial score (nSPS) is 12.4. The molecule has 0 rings (SSSR count). The summed E-state index contributed by atoms with van der Waals surface area (Å²) in [6.45, 7) is 6.52. The van der Waals surface area contributed by atoms with Gasteiger partial charge in [0.15, 0.2) is 6.10 Å². The minimum Gasteiger partial charge on any atom is -0.462 e. The van der Waals surface area contributed by atoms with Gasteiger partial charge in [0.25, 0.3) is 0 Å². The van der Waals surface area contributed by atoms with Crippen LogP contribution in [0.15, 0.2) is 48.6 Å². The van der Waals surface area contributed by atoms with Gasteiger partial charge in [-0.25, -0.2) is 0 Å². The number of carbonyl (C=O) groups is 3. The van der Waals surface area contributed by atoms with Crippen molar-refractivity contribution in [3.63, 3.8) is 0 Å². The number of carbonyl (C=O) groups excluding carboxylic acids is 3. The first-order valence-electron chi connectivity index (χ1n) is 28.1. The lowest BCUT2D eigenvalue weighted by Crippen LogP contribution is -2.30. The Morgan fingerprint density at radius 3 is 0.969 bits per heavy atom. The molecule has 1 atom stereocenters. The summed E-state index contributed by atoms with van der Waals surface area (Å²) in [6.07, 6.45) is 65.3. The zero-order valence-corrected chi connectivity index (χ0v) is 43.3. The first-order valence-corrected chi connectivity index (χ1v) is 28.1. The summed E-state index contributed by atoms with van der Waals surface area (Å²) in [5.74, 6) is -0.894. The van der Waals surface area contributed by atoms with E-state index in [4.69, 9.17) is 14.2 Å². The van der Waals surface area contributed by atoms with Crippen LogP contribution in [0, 0.1) is 0 Å². The summed E-state index contributed by atoms with van der Waals surface area (Å²) in [4.78, 5) is 38.1. The molecular weight excluding hydrogens is 805 g/mol. The Hall–Kier alpha value is -2.63. The second-order valence-electron chi connectivity index (χ2n) is 18.8. The van der Waals surface area contributed by atoms with E-state index in [1.54, 1.807) is 0 Å². The fourth-order valence-corrected chi connectivity index (χ4v) is 8.10. The second kappa shape index (κ2) is 54.0. The van der Waals surface area contributed by atoms with Crippen LogP contribution in [-0.2, 0) is 28.6 Å². The highest BCUT2D eigenvalue weighted by Gasteiger charge is 2.19. The first-order chi connectivity index (χ1) is 32.0. The lowest BCUT2D eigenvalue weighted by molar-refractivity contribution is -0.167. The highest BCUT2D eigenvalue weighted by molar-refractivity contribution is 5.71. The molecule has 0 unspecified atom stereocenters. The van der Waals surface area contributed by atoms with Crippen molar-refractivity contribution in [2.75, 3.05) is 13.2 Å². The molecule has 0 radical (unpaired) electrons. The van der Waals surface area contributed by atoms with Crippen LogP contribution in [0.5, 0.6) is 0 Å². The number of ether oxygens (including phenoxy) is 3. The summed E-state index contributed by atoms with van der Waals surface area (Å²) < 4.78 is 16.8. The van der Waals surface area contributed by atoms with Gasteiger partial charge < -0.3 is 14.2 Å². The maximum Gasteiger partial charge on any atom is 0.306 e. The van der Waals surface area contributed by atoms with E-state index in [2.05, 4.69) is 69.4 Å². The van der Waals surface area contributed by atoms with E-state index in [0.29, 0.717) is 19.3 Å². The highest BCUT2D eigenvalue weighted by Crippen LogP contribution is 2.16. The third-order valence-electron chi connectivity index (χ3n) is 12.3. The molecule has 0 saturated carbocycles. The van der Waals surface area contributed by atoms with Gasteiger partial charge in [0.05, 0.1) is 0 Å². The number of allylic oxidation sites excluding steroid dienone is 8. The van der Waals surface area contributed by atoms with Crippen LogP contribution >= 0.6 is 0 Å². The van der Waals surface area contributed by atoms with Crippen LogP contribution in [0.4, 0.5) is 0 Å². The highest BCUT2D eigenvalue weighted by atomic mass is 16.6. The molecule has 0 aliphatic heterocycles. The van der Waals surface area contributed by atoms with Crippen LogP contribution in [-0.4, -0.2) is 37.2 Å². The lowest BCUT2D eigenvalue weighted by Gasteiger charge is -2.18. The van der Waals surface area contributed by atoms with Crippen LogP contribution in [0.2, 0.25) is 0 Å². The van der Waals surface area contributed by atoms with E-state index in [9.17, 15) is 14.4 Å². The van der Waals surface area contributed by atoms with Gasteiger partial charge in [-0.1, -0.05) is 243 Å². The van der Waals surface area contributed by atoms with Gasteiger partial charge >= 0.3 is 17.9 Å². The number of rotatable bonds is 51. The quantitative estimate of drug-likeness (QED) is 0.0262. The van der Waals surface area contributed by atoms with E-state index >= 15 is 0 Å². The summed E-state index contributed by atoms with van der Waals surface area (Å²) in [7, 11) is 0. The molecule has 0 aromatic carbocycles. The van der Waals surface area contributed by atoms with E-state index in [-0.39, 0.29) is 31.1 Å². The van der Waals surface area contributed by atoms with E-state index < -0.39 is 6.10 Å². The van der Waals surface area contributed by atoms with E-state index in [0.717, 1.165) is 103 Å². The number of unbranched alkanes of at least 4 members (excludes halogenated alkanes) is 32. The van der Waals surface area contributed by atoms with Crippen LogP contribution in [0.1, 0.15) is 290 Å². The van der Waals surface area contributed by atoms with Gasteiger partial charge in [0.2, 0.25) is 0 Å². The molecule has 378 valence electrons. The average Bonchev–Trinajstić information content (AvgIpc) is 3.30. The Morgan fingerprint density at radius 1 is 0.323 bits per heavy atom. The van der Waals surface area contributed by atoms with Gasteiger partial charge in [0, 0.05) is 19.3 Å². The Balaban J connectivity index is 4.34. The molecule has 0 heterocycles. The van der Waals surface area contributed by atoms with Crippen molar-refractivity contribution in [3.8, 4) is 0 Å². The van der Waals surface area contributed by atoms with Gasteiger partial charge in [-0.15, -0.1) is 0 Å². The largest absolute Gasteiger partial charge is 0.462 e. The topological polar surface area (TPSA) is 78.9 Å². The summed E-state index contributed by atoms with van der Waals surface area (Å²) >= 11 is 0. The smallest absolute Gasteiger partial charge is 0.306 e. The van der Waals surface area contributed by atoms with Crippen LogP contribution in [0.25, 0.3) is 0 Å². The molecule has 0 fully saturated rings. The molecule has 0 bridgehead atoms. The second-order valence-corrected chi connectivity index (χ2v) is 18.8. The lowest BCUT2D eigenvalue weighted by atomic mass is 10.0. The van der Waals surface area contributed by atoms with E-state index in [1.807, 2.05) is 0 Å². The Bertz CT molecular complexity index is 1140. The monoisotopic (exact) mass is 911 g/mol. The molecule has 6 nitrogen and oxygen atoms in total. The molecular formula is C59H106O6. The third kappa shape index (κ3) is 52.2. The van der Waals surface area contributed by atoms with Crippen molar-refractivity contribution >= 4 is 17.9 Å². The van der Waals surface area contributed by atoms with Crippen LogP contribution in [0.3, 0.4) is 0 Å². The molecule has 0 saturated heterocycles. The molecule has 0 N–H and O–H groups in total.